The monoisotopic (exact) mass is 283 g/mol. The van der Waals surface area contributed by atoms with Gasteiger partial charge in [-0.25, -0.2) is 0 Å². The molecule has 0 atom stereocenters. The lowest BCUT2D eigenvalue weighted by Crippen LogP contribution is -2.26. The second-order valence-corrected chi connectivity index (χ2v) is 9.16. The third-order valence-corrected chi connectivity index (χ3v) is 8.72. The van der Waals surface area contributed by atoms with Crippen molar-refractivity contribution in [1.82, 2.24) is 0 Å². The molecule has 2 rings (SSSR count). The Balaban J connectivity index is 2.43. The van der Waals surface area contributed by atoms with E-state index in [0.717, 1.165) is 6.42 Å². The van der Waals surface area contributed by atoms with E-state index < -0.39 is 7.26 Å². The maximum Gasteiger partial charge on any atom is 0.0991 e. The lowest BCUT2D eigenvalue weighted by molar-refractivity contribution is 0.964. The van der Waals surface area contributed by atoms with E-state index in [9.17, 15) is 0 Å². The molecule has 104 valence electrons. The van der Waals surface area contributed by atoms with E-state index in [-0.39, 0.29) is 0 Å². The van der Waals surface area contributed by atoms with Gasteiger partial charge in [0, 0.05) is 0 Å². The maximum atomic E-state index is 3.86. The fraction of sp³-hybridized carbons (Fsp3) is 0.263. The number of allylic oxidation sites excluding steroid dienone is 1. The highest BCUT2D eigenvalue weighted by molar-refractivity contribution is 7.89. The van der Waals surface area contributed by atoms with E-state index in [2.05, 4.69) is 74.2 Å². The van der Waals surface area contributed by atoms with E-state index >= 15 is 0 Å². The van der Waals surface area contributed by atoms with Crippen molar-refractivity contribution < 1.29 is 0 Å². The minimum Gasteiger partial charge on any atom is -0.103 e. The van der Waals surface area contributed by atoms with Crippen LogP contribution in [0.2, 0.25) is 0 Å². The van der Waals surface area contributed by atoms with E-state index in [1.165, 1.54) is 29.4 Å². The van der Waals surface area contributed by atoms with E-state index in [0.29, 0.717) is 0 Å². The van der Waals surface area contributed by atoms with Gasteiger partial charge >= 0.3 is 0 Å². The van der Waals surface area contributed by atoms with Gasteiger partial charge in [-0.1, -0.05) is 42.5 Å². The molecule has 0 radical (unpaired) electrons. The highest BCUT2D eigenvalue weighted by Gasteiger charge is 2.39. The Morgan fingerprint density at radius 3 is 1.80 bits per heavy atom. The summed E-state index contributed by atoms with van der Waals surface area (Å²) in [7, 11) is -1.26. The van der Waals surface area contributed by atoms with Crippen LogP contribution in [0, 0.1) is 0 Å². The highest BCUT2D eigenvalue weighted by Crippen LogP contribution is 2.56. The van der Waals surface area contributed by atoms with Gasteiger partial charge in [0.05, 0.1) is 30.2 Å². The third kappa shape index (κ3) is 3.19. The summed E-state index contributed by atoms with van der Waals surface area (Å²) >= 11 is 0. The molecule has 0 heterocycles. The van der Waals surface area contributed by atoms with Crippen molar-refractivity contribution in [2.24, 2.45) is 0 Å². The van der Waals surface area contributed by atoms with Crippen molar-refractivity contribution in [2.45, 2.75) is 19.8 Å². The Labute approximate surface area is 123 Å². The molecule has 0 nitrogen and oxygen atoms in total. The smallest absolute Gasteiger partial charge is 0.0991 e. The molecule has 0 aliphatic rings. The van der Waals surface area contributed by atoms with Crippen LogP contribution in [0.15, 0.2) is 73.3 Å². The Bertz CT molecular complexity index is 476. The van der Waals surface area contributed by atoms with Crippen molar-refractivity contribution in [3.63, 3.8) is 0 Å². The molecule has 0 aliphatic carbocycles. The van der Waals surface area contributed by atoms with Gasteiger partial charge in [-0.15, -0.1) is 6.58 Å². The zero-order chi connectivity index (χ0) is 14.3. The van der Waals surface area contributed by atoms with Gasteiger partial charge in [0.15, 0.2) is 0 Å². The molecule has 0 N–H and O–H groups in total. The molecule has 0 amide bonds. The third-order valence-electron chi connectivity index (χ3n) is 3.99. The van der Waals surface area contributed by atoms with E-state index in [4.69, 9.17) is 0 Å². The van der Waals surface area contributed by atoms with E-state index in [1.807, 2.05) is 6.08 Å². The van der Waals surface area contributed by atoms with Crippen molar-refractivity contribution >= 4 is 17.9 Å². The maximum absolute atomic E-state index is 3.86. The average molecular weight is 283 g/mol. The van der Waals surface area contributed by atoms with E-state index in [1.54, 1.807) is 0 Å². The topological polar surface area (TPSA) is 0 Å². The first-order valence-corrected chi connectivity index (χ1v) is 9.58. The van der Waals surface area contributed by atoms with Crippen LogP contribution in [0.1, 0.15) is 19.8 Å². The summed E-state index contributed by atoms with van der Waals surface area (Å²) < 4.78 is 0. The summed E-state index contributed by atoms with van der Waals surface area (Å²) in [5, 5.41) is 3.08. The molecule has 0 fully saturated rings. The number of rotatable bonds is 7. The molecule has 0 unspecified atom stereocenters. The molecule has 1 heteroatoms. The van der Waals surface area contributed by atoms with Crippen LogP contribution in [0.25, 0.3) is 0 Å². The predicted octanol–water partition coefficient (Wildman–Crippen LogP) is 4.64. The standard InChI is InChI=1S/C19H24P/c1-3-5-12-17-20(4-2,18-13-8-6-9-14-18)19-15-10-7-11-16-19/h3,6-11,13-16H,1,4-5,12,17H2,2H3/q+1. The lowest BCUT2D eigenvalue weighted by atomic mass is 10.3. The van der Waals surface area contributed by atoms with Gasteiger partial charge in [-0.2, -0.15) is 0 Å². The minimum absolute atomic E-state index is 1.11. The van der Waals surface area contributed by atoms with Gasteiger partial charge in [-0.3, -0.25) is 0 Å². The fourth-order valence-electron chi connectivity index (χ4n) is 2.86. The summed E-state index contributed by atoms with van der Waals surface area (Å²) in [5.74, 6) is 0. The quantitative estimate of drug-likeness (QED) is 0.394. The second-order valence-electron chi connectivity index (χ2n) is 5.11. The van der Waals surface area contributed by atoms with Crippen LogP contribution < -0.4 is 10.6 Å². The summed E-state index contributed by atoms with van der Waals surface area (Å²) in [5.41, 5.74) is 0. The van der Waals surface area contributed by atoms with Crippen LogP contribution in [-0.4, -0.2) is 12.3 Å². The molecule has 0 aromatic heterocycles. The number of unbranched alkanes of at least 4 members (excludes halogenated alkanes) is 1. The molecule has 0 aliphatic heterocycles. The first-order chi connectivity index (χ1) is 9.83. The summed E-state index contributed by atoms with van der Waals surface area (Å²) in [6.45, 7) is 6.21. The molecule has 0 saturated heterocycles. The molecular formula is C19H24P+. The van der Waals surface area contributed by atoms with Crippen LogP contribution in [-0.2, 0) is 0 Å². The molecular weight excluding hydrogens is 259 g/mol. The minimum atomic E-state index is -1.26. The van der Waals surface area contributed by atoms with Crippen molar-refractivity contribution in [1.29, 1.82) is 0 Å². The Morgan fingerprint density at radius 1 is 0.900 bits per heavy atom. The zero-order valence-corrected chi connectivity index (χ0v) is 13.2. The summed E-state index contributed by atoms with van der Waals surface area (Å²) in [6.07, 6.45) is 6.90. The largest absolute Gasteiger partial charge is 0.103 e. The lowest BCUT2D eigenvalue weighted by Gasteiger charge is -2.26. The first kappa shape index (κ1) is 15.0. The van der Waals surface area contributed by atoms with Gasteiger partial charge in [0.2, 0.25) is 0 Å². The molecule has 2 aromatic rings. The van der Waals surface area contributed by atoms with Crippen molar-refractivity contribution in [3.8, 4) is 0 Å². The Morgan fingerprint density at radius 2 is 1.40 bits per heavy atom. The molecule has 20 heavy (non-hydrogen) atoms. The number of hydrogen-bond donors (Lipinski definition) is 0. The number of hydrogen-bond acceptors (Lipinski definition) is 0. The Hall–Kier alpha value is -1.39. The average Bonchev–Trinajstić information content (AvgIpc) is 2.54. The molecule has 0 saturated carbocycles. The summed E-state index contributed by atoms with van der Waals surface area (Å²) in [4.78, 5) is 0. The fourth-order valence-corrected chi connectivity index (χ4v) is 6.93. The van der Waals surface area contributed by atoms with Crippen LogP contribution in [0.5, 0.6) is 0 Å². The molecule has 0 bridgehead atoms. The van der Waals surface area contributed by atoms with Crippen LogP contribution >= 0.6 is 7.26 Å². The zero-order valence-electron chi connectivity index (χ0n) is 12.3. The van der Waals surface area contributed by atoms with Crippen LogP contribution in [0.3, 0.4) is 0 Å². The Kier molecular flexibility index (Phi) is 5.56. The van der Waals surface area contributed by atoms with Crippen molar-refractivity contribution in [2.75, 3.05) is 12.3 Å². The first-order valence-electron chi connectivity index (χ1n) is 7.42. The number of benzene rings is 2. The van der Waals surface area contributed by atoms with Gasteiger partial charge in [0.1, 0.15) is 0 Å². The summed E-state index contributed by atoms with van der Waals surface area (Å²) in [6, 6.07) is 22.2. The predicted molar refractivity (Wildman–Crippen MR) is 93.9 cm³/mol. The van der Waals surface area contributed by atoms with Crippen LogP contribution in [0.4, 0.5) is 0 Å². The normalized spacial score (nSPS) is 11.2. The van der Waals surface area contributed by atoms with Gasteiger partial charge in [0.25, 0.3) is 0 Å². The SMILES string of the molecule is C=CCCC[P+](CC)(c1ccccc1)c1ccccc1. The second kappa shape index (κ2) is 7.41. The van der Waals surface area contributed by atoms with Crippen molar-refractivity contribution in [3.05, 3.63) is 73.3 Å². The molecule has 2 aromatic carbocycles. The van der Waals surface area contributed by atoms with Gasteiger partial charge in [-0.05, 0) is 44.0 Å². The highest BCUT2D eigenvalue weighted by atomic mass is 31.2. The van der Waals surface area contributed by atoms with Gasteiger partial charge < -0.3 is 0 Å². The molecule has 0 spiro atoms.